The van der Waals surface area contributed by atoms with Gasteiger partial charge >= 0.3 is 0 Å². The smallest absolute Gasteiger partial charge is 0.136 e. The number of hydrogen-bond donors (Lipinski definition) is 2. The first kappa shape index (κ1) is 14.3. The zero-order valence-electron chi connectivity index (χ0n) is 12.8. The van der Waals surface area contributed by atoms with Crippen molar-refractivity contribution in [1.82, 2.24) is 9.97 Å². The summed E-state index contributed by atoms with van der Waals surface area (Å²) in [6.07, 6.45) is 0. The van der Waals surface area contributed by atoms with Crippen LogP contribution in [-0.2, 0) is 5.41 Å². The summed E-state index contributed by atoms with van der Waals surface area (Å²) < 4.78 is 0. The molecule has 0 fully saturated rings. The number of nitrogens with zero attached hydrogens (tertiary/aromatic N) is 2. The van der Waals surface area contributed by atoms with Crippen molar-refractivity contribution in [2.24, 2.45) is 0 Å². The van der Waals surface area contributed by atoms with E-state index in [-0.39, 0.29) is 5.41 Å². The highest BCUT2D eigenvalue weighted by atomic mass is 15.1. The molecular weight excluding hydrogens is 248 g/mol. The first-order chi connectivity index (χ1) is 9.38. The molecule has 0 unspecified atom stereocenters. The molecule has 4 heteroatoms. The van der Waals surface area contributed by atoms with Crippen molar-refractivity contribution in [2.45, 2.75) is 33.1 Å². The monoisotopic (exact) mass is 270 g/mol. The highest BCUT2D eigenvalue weighted by Crippen LogP contribution is 2.24. The Morgan fingerprint density at radius 2 is 1.55 bits per heavy atom. The Kier molecular flexibility index (Phi) is 3.93. The predicted molar refractivity (Wildman–Crippen MR) is 84.7 cm³/mol. The molecule has 0 saturated carbocycles. The third-order valence-electron chi connectivity index (χ3n) is 3.12. The van der Waals surface area contributed by atoms with Gasteiger partial charge in [-0.1, -0.05) is 32.9 Å². The zero-order valence-corrected chi connectivity index (χ0v) is 12.8. The van der Waals surface area contributed by atoms with Gasteiger partial charge in [0, 0.05) is 18.8 Å². The molecule has 0 bridgehead atoms. The van der Waals surface area contributed by atoms with Gasteiger partial charge < -0.3 is 10.6 Å². The summed E-state index contributed by atoms with van der Waals surface area (Å²) in [6, 6.07) is 10.4. The fraction of sp³-hybridized carbons (Fsp3) is 0.375. The zero-order chi connectivity index (χ0) is 14.8. The third kappa shape index (κ3) is 3.47. The maximum Gasteiger partial charge on any atom is 0.136 e. The summed E-state index contributed by atoms with van der Waals surface area (Å²) in [5.41, 5.74) is 2.51. The van der Waals surface area contributed by atoms with E-state index in [0.717, 1.165) is 23.1 Å². The van der Waals surface area contributed by atoms with Crippen molar-refractivity contribution in [3.05, 3.63) is 41.7 Å². The van der Waals surface area contributed by atoms with E-state index in [1.807, 2.05) is 20.0 Å². The van der Waals surface area contributed by atoms with Gasteiger partial charge in [0.1, 0.15) is 17.5 Å². The Labute approximate surface area is 120 Å². The molecule has 0 radical (unpaired) electrons. The van der Waals surface area contributed by atoms with E-state index >= 15 is 0 Å². The van der Waals surface area contributed by atoms with Crippen molar-refractivity contribution in [2.75, 3.05) is 17.7 Å². The largest absolute Gasteiger partial charge is 0.373 e. The van der Waals surface area contributed by atoms with E-state index in [2.05, 4.69) is 65.6 Å². The van der Waals surface area contributed by atoms with Gasteiger partial charge in [-0.15, -0.1) is 0 Å². The van der Waals surface area contributed by atoms with E-state index < -0.39 is 0 Å². The molecule has 0 amide bonds. The Hall–Kier alpha value is -2.10. The fourth-order valence-corrected chi connectivity index (χ4v) is 1.96. The van der Waals surface area contributed by atoms with Crippen molar-refractivity contribution in [1.29, 1.82) is 0 Å². The van der Waals surface area contributed by atoms with Crippen molar-refractivity contribution in [3.63, 3.8) is 0 Å². The van der Waals surface area contributed by atoms with Crippen LogP contribution < -0.4 is 10.6 Å². The Morgan fingerprint density at radius 1 is 0.950 bits per heavy atom. The van der Waals surface area contributed by atoms with E-state index in [9.17, 15) is 0 Å². The van der Waals surface area contributed by atoms with Gasteiger partial charge in [0.2, 0.25) is 0 Å². The minimum atomic E-state index is 0.170. The molecule has 0 spiro atoms. The number of aryl methyl sites for hydroxylation is 1. The molecule has 2 N–H and O–H groups in total. The molecule has 1 aromatic heterocycles. The summed E-state index contributed by atoms with van der Waals surface area (Å²) in [6.45, 7) is 8.52. The van der Waals surface area contributed by atoms with Crippen LogP contribution in [0, 0.1) is 6.92 Å². The average molecular weight is 270 g/mol. The van der Waals surface area contributed by atoms with Crippen LogP contribution in [0.15, 0.2) is 30.3 Å². The van der Waals surface area contributed by atoms with Crippen molar-refractivity contribution < 1.29 is 0 Å². The fourth-order valence-electron chi connectivity index (χ4n) is 1.96. The van der Waals surface area contributed by atoms with Crippen LogP contribution in [0.2, 0.25) is 0 Å². The average Bonchev–Trinajstić information content (AvgIpc) is 2.37. The van der Waals surface area contributed by atoms with Crippen LogP contribution in [0.3, 0.4) is 0 Å². The van der Waals surface area contributed by atoms with E-state index in [4.69, 9.17) is 0 Å². The van der Waals surface area contributed by atoms with Crippen LogP contribution >= 0.6 is 0 Å². The second kappa shape index (κ2) is 5.49. The van der Waals surface area contributed by atoms with Crippen LogP contribution in [0.25, 0.3) is 0 Å². The Balaban J connectivity index is 2.20. The first-order valence-electron chi connectivity index (χ1n) is 6.79. The molecule has 0 aliphatic carbocycles. The van der Waals surface area contributed by atoms with Crippen LogP contribution in [-0.4, -0.2) is 17.0 Å². The minimum Gasteiger partial charge on any atom is -0.373 e. The van der Waals surface area contributed by atoms with Crippen LogP contribution in [0.4, 0.5) is 17.3 Å². The molecule has 1 aromatic carbocycles. The maximum absolute atomic E-state index is 4.39. The molecule has 20 heavy (non-hydrogen) atoms. The van der Waals surface area contributed by atoms with Crippen molar-refractivity contribution >= 4 is 17.3 Å². The Bertz CT molecular complexity index is 582. The number of aromatic nitrogens is 2. The lowest BCUT2D eigenvalue weighted by molar-refractivity contribution is 0.590. The molecule has 106 valence electrons. The van der Waals surface area contributed by atoms with E-state index in [0.29, 0.717) is 0 Å². The number of nitrogens with one attached hydrogen (secondary N) is 2. The summed E-state index contributed by atoms with van der Waals surface area (Å²) in [5, 5.41) is 6.34. The van der Waals surface area contributed by atoms with Gasteiger partial charge in [-0.05, 0) is 30.0 Å². The summed E-state index contributed by atoms with van der Waals surface area (Å²) in [7, 11) is 1.85. The molecule has 0 atom stereocenters. The predicted octanol–water partition coefficient (Wildman–Crippen LogP) is 3.87. The van der Waals surface area contributed by atoms with Gasteiger partial charge in [0.25, 0.3) is 0 Å². The normalized spacial score (nSPS) is 11.2. The quantitative estimate of drug-likeness (QED) is 0.889. The lowest BCUT2D eigenvalue weighted by Gasteiger charge is -2.19. The Morgan fingerprint density at radius 3 is 2.10 bits per heavy atom. The number of anilines is 3. The molecular formula is C16H22N4. The lowest BCUT2D eigenvalue weighted by atomic mass is 9.87. The van der Waals surface area contributed by atoms with Gasteiger partial charge in [0.15, 0.2) is 0 Å². The highest BCUT2D eigenvalue weighted by molar-refractivity contribution is 5.59. The SMILES string of the molecule is CNc1cc(Nc2ccc(C(C)(C)C)cc2)nc(C)n1. The highest BCUT2D eigenvalue weighted by Gasteiger charge is 2.12. The summed E-state index contributed by atoms with van der Waals surface area (Å²) in [5.74, 6) is 2.35. The standard InChI is InChI=1S/C16H22N4/c1-11-18-14(17-5)10-15(19-11)20-13-8-6-12(7-9-13)16(2,3)4/h6-10H,1-5H3,(H2,17,18,19,20). The number of rotatable bonds is 3. The van der Waals surface area contributed by atoms with Gasteiger partial charge in [-0.3, -0.25) is 0 Å². The maximum atomic E-state index is 4.39. The lowest BCUT2D eigenvalue weighted by Crippen LogP contribution is -2.10. The van der Waals surface area contributed by atoms with Crippen LogP contribution in [0.1, 0.15) is 32.2 Å². The number of benzene rings is 1. The third-order valence-corrected chi connectivity index (χ3v) is 3.12. The van der Waals surface area contributed by atoms with Gasteiger partial charge in [0.05, 0.1) is 0 Å². The van der Waals surface area contributed by atoms with E-state index in [1.165, 1.54) is 5.56 Å². The summed E-state index contributed by atoms with van der Waals surface area (Å²) in [4.78, 5) is 8.66. The molecule has 4 nitrogen and oxygen atoms in total. The number of hydrogen-bond acceptors (Lipinski definition) is 4. The summed E-state index contributed by atoms with van der Waals surface area (Å²) >= 11 is 0. The van der Waals surface area contributed by atoms with E-state index in [1.54, 1.807) is 0 Å². The van der Waals surface area contributed by atoms with Gasteiger partial charge in [-0.2, -0.15) is 0 Å². The van der Waals surface area contributed by atoms with Crippen molar-refractivity contribution in [3.8, 4) is 0 Å². The molecule has 2 aromatic rings. The van der Waals surface area contributed by atoms with Gasteiger partial charge in [-0.25, -0.2) is 9.97 Å². The molecule has 0 aliphatic heterocycles. The minimum absolute atomic E-state index is 0.170. The second-order valence-corrected chi connectivity index (χ2v) is 5.89. The first-order valence-corrected chi connectivity index (χ1v) is 6.79. The topological polar surface area (TPSA) is 49.8 Å². The molecule has 0 saturated heterocycles. The molecule has 1 heterocycles. The molecule has 0 aliphatic rings. The molecule has 2 rings (SSSR count). The second-order valence-electron chi connectivity index (χ2n) is 5.89. The van der Waals surface area contributed by atoms with Crippen LogP contribution in [0.5, 0.6) is 0 Å².